The van der Waals surface area contributed by atoms with Crippen LogP contribution in [-0.4, -0.2) is 19.7 Å². The summed E-state index contributed by atoms with van der Waals surface area (Å²) in [6.45, 7) is 4.52. The summed E-state index contributed by atoms with van der Waals surface area (Å²) in [5.41, 5.74) is 6.53. The van der Waals surface area contributed by atoms with Crippen LogP contribution in [0.4, 0.5) is 0 Å². The first-order valence-corrected chi connectivity index (χ1v) is 6.35. The summed E-state index contributed by atoms with van der Waals surface area (Å²) >= 11 is 1.49. The van der Waals surface area contributed by atoms with Gasteiger partial charge in [0.25, 0.3) is 5.22 Å². The molecule has 2 heterocycles. The minimum absolute atomic E-state index is 0.275. The average molecular weight is 253 g/mol. The molecular formula is C10H15N5OS. The van der Waals surface area contributed by atoms with Crippen molar-refractivity contribution in [2.45, 2.75) is 37.4 Å². The molecule has 17 heavy (non-hydrogen) atoms. The molecule has 0 saturated heterocycles. The van der Waals surface area contributed by atoms with Gasteiger partial charge in [-0.15, -0.1) is 10.2 Å². The van der Waals surface area contributed by atoms with Crippen molar-refractivity contribution in [2.75, 3.05) is 0 Å². The summed E-state index contributed by atoms with van der Waals surface area (Å²) in [6.07, 6.45) is 3.69. The van der Waals surface area contributed by atoms with Gasteiger partial charge in [-0.25, -0.2) is 4.98 Å². The second kappa shape index (κ2) is 5.33. The van der Waals surface area contributed by atoms with E-state index >= 15 is 0 Å². The number of thioether (sulfide) groups is 1. The molecule has 6 nitrogen and oxygen atoms in total. The first-order chi connectivity index (χ1) is 8.20. The molecule has 0 aliphatic heterocycles. The Bertz CT molecular complexity index is 479. The smallest absolute Gasteiger partial charge is 0.277 e. The summed E-state index contributed by atoms with van der Waals surface area (Å²) in [6, 6.07) is 0.399. The molecule has 2 N–H and O–H groups in total. The molecule has 92 valence electrons. The predicted molar refractivity (Wildman–Crippen MR) is 64.4 cm³/mol. The predicted octanol–water partition coefficient (Wildman–Crippen LogP) is 1.60. The normalized spacial score (nSPS) is 11.3. The van der Waals surface area contributed by atoms with Crippen LogP contribution in [0.3, 0.4) is 0 Å². The maximum Gasteiger partial charge on any atom is 0.277 e. The van der Waals surface area contributed by atoms with Crippen LogP contribution in [0.5, 0.6) is 0 Å². The highest BCUT2D eigenvalue weighted by Gasteiger charge is 2.09. The molecule has 0 saturated carbocycles. The molecule has 0 spiro atoms. The Balaban J connectivity index is 1.99. The quantitative estimate of drug-likeness (QED) is 0.815. The van der Waals surface area contributed by atoms with Crippen molar-refractivity contribution in [3.8, 4) is 0 Å². The fourth-order valence-corrected chi connectivity index (χ4v) is 2.17. The molecule has 0 aromatic carbocycles. The van der Waals surface area contributed by atoms with Crippen molar-refractivity contribution in [3.05, 3.63) is 24.1 Å². The van der Waals surface area contributed by atoms with Gasteiger partial charge in [0.2, 0.25) is 5.89 Å². The molecule has 0 unspecified atom stereocenters. The highest BCUT2D eigenvalue weighted by atomic mass is 32.2. The average Bonchev–Trinajstić information content (AvgIpc) is 2.95. The minimum atomic E-state index is 0.275. The Morgan fingerprint density at radius 2 is 2.29 bits per heavy atom. The number of hydrogen-bond acceptors (Lipinski definition) is 6. The Labute approximate surface area is 104 Å². The molecule has 2 aromatic rings. The lowest BCUT2D eigenvalue weighted by Crippen LogP contribution is -2.02. The summed E-state index contributed by atoms with van der Waals surface area (Å²) in [5.74, 6) is 1.22. The van der Waals surface area contributed by atoms with Crippen molar-refractivity contribution >= 4 is 11.8 Å². The Kier molecular flexibility index (Phi) is 3.80. The Morgan fingerprint density at radius 3 is 2.94 bits per heavy atom. The zero-order valence-electron chi connectivity index (χ0n) is 9.83. The molecule has 0 bridgehead atoms. The van der Waals surface area contributed by atoms with Gasteiger partial charge in [0, 0.05) is 23.7 Å². The van der Waals surface area contributed by atoms with E-state index in [9.17, 15) is 0 Å². The van der Waals surface area contributed by atoms with Gasteiger partial charge in [0.15, 0.2) is 0 Å². The lowest BCUT2D eigenvalue weighted by Gasteiger charge is -2.10. The summed E-state index contributed by atoms with van der Waals surface area (Å²) in [5, 5.41) is 8.25. The van der Waals surface area contributed by atoms with Crippen LogP contribution in [-0.2, 0) is 12.3 Å². The summed E-state index contributed by atoms with van der Waals surface area (Å²) in [7, 11) is 0. The third-order valence-electron chi connectivity index (χ3n) is 2.27. The van der Waals surface area contributed by atoms with Gasteiger partial charge >= 0.3 is 0 Å². The van der Waals surface area contributed by atoms with Gasteiger partial charge in [-0.05, 0) is 13.8 Å². The zero-order valence-corrected chi connectivity index (χ0v) is 10.6. The van der Waals surface area contributed by atoms with Gasteiger partial charge in [-0.1, -0.05) is 11.8 Å². The van der Waals surface area contributed by atoms with Crippen LogP contribution in [0, 0.1) is 0 Å². The number of rotatable bonds is 5. The molecule has 0 atom stereocenters. The summed E-state index contributed by atoms with van der Waals surface area (Å²) < 4.78 is 7.44. The number of imidazole rings is 1. The number of nitrogens with zero attached hydrogens (tertiary/aromatic N) is 4. The van der Waals surface area contributed by atoms with Crippen LogP contribution in [0.25, 0.3) is 0 Å². The summed E-state index contributed by atoms with van der Waals surface area (Å²) in [4.78, 5) is 4.14. The topological polar surface area (TPSA) is 82.8 Å². The van der Waals surface area contributed by atoms with E-state index in [1.165, 1.54) is 11.8 Å². The maximum absolute atomic E-state index is 5.40. The fraction of sp³-hybridized carbons (Fsp3) is 0.500. The van der Waals surface area contributed by atoms with E-state index in [1.54, 1.807) is 0 Å². The lowest BCUT2D eigenvalue weighted by molar-refractivity contribution is 0.414. The van der Waals surface area contributed by atoms with E-state index in [-0.39, 0.29) is 6.54 Å². The SMILES string of the molecule is CC(C)n1cncc1CSc1nnc(CN)o1. The second-order valence-corrected chi connectivity index (χ2v) is 4.77. The van der Waals surface area contributed by atoms with Gasteiger partial charge < -0.3 is 14.7 Å². The number of nitrogens with two attached hydrogens (primary N) is 1. The first kappa shape index (κ1) is 12.1. The van der Waals surface area contributed by atoms with Crippen LogP contribution >= 0.6 is 11.8 Å². The first-order valence-electron chi connectivity index (χ1n) is 5.36. The molecule has 0 radical (unpaired) electrons. The largest absolute Gasteiger partial charge is 0.415 e. The standard InChI is InChI=1S/C10H15N5OS/c1-7(2)15-6-12-4-8(15)5-17-10-14-13-9(3-11)16-10/h4,6-7H,3,5,11H2,1-2H3. The van der Waals surface area contributed by atoms with Crippen LogP contribution < -0.4 is 5.73 Å². The Hall–Kier alpha value is -1.34. The highest BCUT2D eigenvalue weighted by Crippen LogP contribution is 2.22. The van der Waals surface area contributed by atoms with Crippen molar-refractivity contribution in [3.63, 3.8) is 0 Å². The second-order valence-electron chi connectivity index (χ2n) is 3.84. The van der Waals surface area contributed by atoms with Gasteiger partial charge in [0.1, 0.15) is 0 Å². The van der Waals surface area contributed by atoms with Crippen LogP contribution in [0.1, 0.15) is 31.5 Å². The van der Waals surface area contributed by atoms with Crippen molar-refractivity contribution in [2.24, 2.45) is 5.73 Å². The molecule has 0 aliphatic rings. The van der Waals surface area contributed by atoms with E-state index in [1.807, 2.05) is 12.5 Å². The van der Waals surface area contributed by atoms with Gasteiger partial charge in [-0.3, -0.25) is 0 Å². The molecule has 0 amide bonds. The van der Waals surface area contributed by atoms with Crippen molar-refractivity contribution in [1.29, 1.82) is 0 Å². The molecule has 0 fully saturated rings. The number of aromatic nitrogens is 4. The Morgan fingerprint density at radius 1 is 1.47 bits per heavy atom. The molecule has 0 aliphatic carbocycles. The van der Waals surface area contributed by atoms with Gasteiger partial charge in [0.05, 0.1) is 12.9 Å². The monoisotopic (exact) mass is 253 g/mol. The van der Waals surface area contributed by atoms with Crippen LogP contribution in [0.15, 0.2) is 22.2 Å². The highest BCUT2D eigenvalue weighted by molar-refractivity contribution is 7.98. The lowest BCUT2D eigenvalue weighted by atomic mass is 10.4. The minimum Gasteiger partial charge on any atom is -0.415 e. The maximum atomic E-state index is 5.40. The van der Waals surface area contributed by atoms with Crippen molar-refractivity contribution < 1.29 is 4.42 Å². The van der Waals surface area contributed by atoms with E-state index in [0.717, 1.165) is 11.4 Å². The fourth-order valence-electron chi connectivity index (χ4n) is 1.42. The molecular weight excluding hydrogens is 238 g/mol. The van der Waals surface area contributed by atoms with Crippen molar-refractivity contribution in [1.82, 2.24) is 19.7 Å². The molecule has 2 rings (SSSR count). The van der Waals surface area contributed by atoms with E-state index in [0.29, 0.717) is 17.2 Å². The molecule has 2 aromatic heterocycles. The van der Waals surface area contributed by atoms with E-state index < -0.39 is 0 Å². The third kappa shape index (κ3) is 2.86. The van der Waals surface area contributed by atoms with E-state index in [2.05, 4.69) is 33.6 Å². The van der Waals surface area contributed by atoms with Gasteiger partial charge in [-0.2, -0.15) is 0 Å². The van der Waals surface area contributed by atoms with Crippen LogP contribution in [0.2, 0.25) is 0 Å². The van der Waals surface area contributed by atoms with E-state index in [4.69, 9.17) is 10.2 Å². The zero-order chi connectivity index (χ0) is 12.3. The molecule has 7 heteroatoms. The third-order valence-corrected chi connectivity index (χ3v) is 3.12. The number of hydrogen-bond donors (Lipinski definition) is 1.